The van der Waals surface area contributed by atoms with Crippen molar-refractivity contribution in [3.8, 4) is 0 Å². The predicted octanol–water partition coefficient (Wildman–Crippen LogP) is 5.92. The number of alkyl halides is 1. The molecule has 0 N–H and O–H groups in total. The third kappa shape index (κ3) is 15.3. The first kappa shape index (κ1) is 20.9. The number of hydrogen-bond acceptors (Lipinski definition) is 2. The summed E-state index contributed by atoms with van der Waals surface area (Å²) in [6.45, 7) is 2.13. The highest BCUT2D eigenvalue weighted by Crippen LogP contribution is 2.09. The first-order valence-corrected chi connectivity index (χ1v) is 8.75. The number of carbonyl (C=O) groups is 1. The van der Waals surface area contributed by atoms with E-state index in [0.717, 1.165) is 51.4 Å². The minimum Gasteiger partial charge on any atom is -0.469 e. The first-order valence-electron chi connectivity index (χ1n) is 8.75. The average Bonchev–Trinajstić information content (AvgIpc) is 2.52. The van der Waals surface area contributed by atoms with E-state index >= 15 is 0 Å². The van der Waals surface area contributed by atoms with Gasteiger partial charge >= 0.3 is 5.97 Å². The Hall–Kier alpha value is -1.12. The predicted molar refractivity (Wildman–Crippen MR) is 91.7 cm³/mol. The van der Waals surface area contributed by atoms with Gasteiger partial charge in [-0.05, 0) is 25.7 Å². The topological polar surface area (TPSA) is 26.3 Å². The van der Waals surface area contributed by atoms with E-state index in [0.29, 0.717) is 12.8 Å². The fourth-order valence-electron chi connectivity index (χ4n) is 2.21. The Morgan fingerprint density at radius 1 is 1.05 bits per heavy atom. The molecule has 0 unspecified atom stereocenters. The minimum absolute atomic E-state index is 0.115. The highest BCUT2D eigenvalue weighted by atomic mass is 19.1. The van der Waals surface area contributed by atoms with Crippen LogP contribution >= 0.6 is 0 Å². The monoisotopic (exact) mass is 312 g/mol. The second-order valence-electron chi connectivity index (χ2n) is 5.71. The van der Waals surface area contributed by atoms with Crippen LogP contribution in [0.25, 0.3) is 0 Å². The number of rotatable bonds is 14. The zero-order chi connectivity index (χ0) is 16.5. The van der Waals surface area contributed by atoms with Crippen molar-refractivity contribution < 1.29 is 13.9 Å². The lowest BCUT2D eigenvalue weighted by atomic mass is 10.1. The molecule has 0 saturated carbocycles. The Balaban J connectivity index is 3.38. The van der Waals surface area contributed by atoms with Gasteiger partial charge < -0.3 is 4.74 Å². The van der Waals surface area contributed by atoms with Crippen LogP contribution < -0.4 is 0 Å². The van der Waals surface area contributed by atoms with Crippen molar-refractivity contribution in [3.05, 3.63) is 24.3 Å². The van der Waals surface area contributed by atoms with Crippen LogP contribution in [0, 0.1) is 0 Å². The van der Waals surface area contributed by atoms with Gasteiger partial charge in [0.15, 0.2) is 0 Å². The van der Waals surface area contributed by atoms with Crippen molar-refractivity contribution in [2.45, 2.75) is 83.7 Å². The summed E-state index contributed by atoms with van der Waals surface area (Å²) in [4.78, 5) is 10.9. The van der Waals surface area contributed by atoms with Crippen molar-refractivity contribution in [2.75, 3.05) is 7.11 Å². The fourth-order valence-corrected chi connectivity index (χ4v) is 2.21. The van der Waals surface area contributed by atoms with Gasteiger partial charge in [-0.15, -0.1) is 0 Å². The van der Waals surface area contributed by atoms with Gasteiger partial charge in [0.05, 0.1) is 7.11 Å². The zero-order valence-corrected chi connectivity index (χ0v) is 14.4. The Morgan fingerprint density at radius 3 is 2.50 bits per heavy atom. The highest BCUT2D eigenvalue weighted by molar-refractivity contribution is 5.68. The molecule has 0 aliphatic heterocycles. The summed E-state index contributed by atoms with van der Waals surface area (Å²) in [5.41, 5.74) is 0. The average molecular weight is 312 g/mol. The summed E-state index contributed by atoms with van der Waals surface area (Å²) in [6, 6.07) is 0. The van der Waals surface area contributed by atoms with E-state index in [2.05, 4.69) is 17.7 Å². The molecule has 0 aliphatic rings. The maximum absolute atomic E-state index is 13.4. The number of carbonyl (C=O) groups excluding carboxylic acids is 1. The van der Waals surface area contributed by atoms with Gasteiger partial charge in [0.2, 0.25) is 0 Å². The van der Waals surface area contributed by atoms with E-state index in [4.69, 9.17) is 0 Å². The van der Waals surface area contributed by atoms with E-state index < -0.39 is 6.17 Å². The van der Waals surface area contributed by atoms with Crippen molar-refractivity contribution in [3.63, 3.8) is 0 Å². The molecule has 0 fully saturated rings. The van der Waals surface area contributed by atoms with Gasteiger partial charge in [-0.25, -0.2) is 4.39 Å². The number of allylic oxidation sites excluding steroid dienone is 4. The van der Waals surface area contributed by atoms with E-state index in [1.807, 2.05) is 12.2 Å². The Bertz CT molecular complexity index is 311. The number of methoxy groups -OCH3 is 1. The number of unbranched alkanes of at least 4 members (excludes halogenated alkanes) is 7. The molecule has 128 valence electrons. The standard InChI is InChI=1S/C19H33FO2/c1-3-4-12-15-18(20)16-13-10-8-6-5-7-9-11-14-17-19(21)22-2/h8,10,13,16,18H,3-7,9,11-12,14-15,17H2,1-2H3/b10-8-,16-13+/t18-/m1/s1. The number of esters is 1. The van der Waals surface area contributed by atoms with Gasteiger partial charge in [-0.1, -0.05) is 69.8 Å². The molecule has 0 bridgehead atoms. The lowest BCUT2D eigenvalue weighted by molar-refractivity contribution is -0.140. The van der Waals surface area contributed by atoms with Gasteiger partial charge in [-0.2, -0.15) is 0 Å². The SMILES string of the molecule is CCCCC[C@@H](F)/C=C/C=C\CCCCCCCC(=O)OC. The van der Waals surface area contributed by atoms with Crippen LogP contribution in [0.3, 0.4) is 0 Å². The lowest BCUT2D eigenvalue weighted by Gasteiger charge is -2.00. The number of ether oxygens (including phenoxy) is 1. The molecule has 0 amide bonds. The molecule has 0 rings (SSSR count). The van der Waals surface area contributed by atoms with Crippen molar-refractivity contribution in [1.82, 2.24) is 0 Å². The van der Waals surface area contributed by atoms with E-state index in [-0.39, 0.29) is 5.97 Å². The Morgan fingerprint density at radius 2 is 1.77 bits per heavy atom. The maximum Gasteiger partial charge on any atom is 0.305 e. The molecule has 22 heavy (non-hydrogen) atoms. The molecule has 0 aliphatic carbocycles. The van der Waals surface area contributed by atoms with Crippen LogP contribution in [-0.2, 0) is 9.53 Å². The zero-order valence-electron chi connectivity index (χ0n) is 14.4. The summed E-state index contributed by atoms with van der Waals surface area (Å²) in [6.07, 6.45) is 17.7. The summed E-state index contributed by atoms with van der Waals surface area (Å²) in [5.74, 6) is -0.115. The van der Waals surface area contributed by atoms with Crippen molar-refractivity contribution >= 4 is 5.97 Å². The first-order chi connectivity index (χ1) is 10.7. The molecule has 2 nitrogen and oxygen atoms in total. The molecule has 0 aromatic carbocycles. The van der Waals surface area contributed by atoms with Gasteiger partial charge in [0.25, 0.3) is 0 Å². The summed E-state index contributed by atoms with van der Waals surface area (Å²) in [5, 5.41) is 0. The van der Waals surface area contributed by atoms with Crippen LogP contribution in [0.15, 0.2) is 24.3 Å². The van der Waals surface area contributed by atoms with Gasteiger partial charge in [-0.3, -0.25) is 4.79 Å². The second-order valence-corrected chi connectivity index (χ2v) is 5.71. The van der Waals surface area contributed by atoms with E-state index in [9.17, 15) is 9.18 Å². The van der Waals surface area contributed by atoms with Gasteiger partial charge in [0, 0.05) is 6.42 Å². The smallest absolute Gasteiger partial charge is 0.305 e. The molecule has 3 heteroatoms. The highest BCUT2D eigenvalue weighted by Gasteiger charge is 1.99. The molecular formula is C19H33FO2. The molecule has 0 spiro atoms. The maximum atomic E-state index is 13.4. The third-order valence-corrected chi connectivity index (χ3v) is 3.63. The Kier molecular flexibility index (Phi) is 15.4. The Labute approximate surface area is 135 Å². The largest absolute Gasteiger partial charge is 0.469 e. The molecule has 0 saturated heterocycles. The van der Waals surface area contributed by atoms with Crippen LogP contribution in [0.5, 0.6) is 0 Å². The fraction of sp³-hybridized carbons (Fsp3) is 0.737. The second kappa shape index (κ2) is 16.3. The van der Waals surface area contributed by atoms with Gasteiger partial charge in [0.1, 0.15) is 6.17 Å². The van der Waals surface area contributed by atoms with Crippen LogP contribution in [0.2, 0.25) is 0 Å². The third-order valence-electron chi connectivity index (χ3n) is 3.63. The number of hydrogen-bond donors (Lipinski definition) is 0. The summed E-state index contributed by atoms with van der Waals surface area (Å²) < 4.78 is 18.0. The quantitative estimate of drug-likeness (QED) is 0.226. The number of halogens is 1. The van der Waals surface area contributed by atoms with E-state index in [1.165, 1.54) is 13.5 Å². The molecule has 0 aromatic heterocycles. The van der Waals surface area contributed by atoms with Crippen LogP contribution in [-0.4, -0.2) is 19.3 Å². The van der Waals surface area contributed by atoms with E-state index in [1.54, 1.807) is 6.08 Å². The van der Waals surface area contributed by atoms with Crippen LogP contribution in [0.4, 0.5) is 4.39 Å². The van der Waals surface area contributed by atoms with Crippen molar-refractivity contribution in [2.24, 2.45) is 0 Å². The van der Waals surface area contributed by atoms with Crippen LogP contribution in [0.1, 0.15) is 77.6 Å². The molecule has 0 radical (unpaired) electrons. The summed E-state index contributed by atoms with van der Waals surface area (Å²) >= 11 is 0. The minimum atomic E-state index is -0.800. The molecular weight excluding hydrogens is 279 g/mol. The van der Waals surface area contributed by atoms with Crippen molar-refractivity contribution in [1.29, 1.82) is 0 Å². The lowest BCUT2D eigenvalue weighted by Crippen LogP contribution is -1.98. The molecule has 0 aromatic rings. The summed E-state index contributed by atoms with van der Waals surface area (Å²) in [7, 11) is 1.43. The molecule has 0 heterocycles. The normalized spacial score (nSPS) is 13.0. The molecule has 1 atom stereocenters.